The molecule has 0 radical (unpaired) electrons. The molecule has 0 aliphatic carbocycles. The second kappa shape index (κ2) is 6.07. The largest absolute Gasteiger partial charge is 0.497 e. The van der Waals surface area contributed by atoms with Crippen molar-refractivity contribution in [2.75, 3.05) is 27.3 Å². The minimum absolute atomic E-state index is 0. The van der Waals surface area contributed by atoms with Gasteiger partial charge in [0.1, 0.15) is 11.2 Å². The number of methoxy groups -OCH3 is 2. The molecule has 1 aromatic rings. The van der Waals surface area contributed by atoms with Crippen LogP contribution in [0.1, 0.15) is 12.0 Å². The third-order valence-corrected chi connectivity index (χ3v) is 3.37. The van der Waals surface area contributed by atoms with E-state index in [0.29, 0.717) is 6.54 Å². The summed E-state index contributed by atoms with van der Waals surface area (Å²) in [5.41, 5.74) is 0.441. The molecule has 5 heteroatoms. The summed E-state index contributed by atoms with van der Waals surface area (Å²) < 4.78 is 10.1. The molecule has 1 aromatic carbocycles. The zero-order valence-electron chi connectivity index (χ0n) is 10.6. The van der Waals surface area contributed by atoms with Crippen LogP contribution in [0.15, 0.2) is 24.3 Å². The van der Waals surface area contributed by atoms with E-state index >= 15 is 0 Å². The average molecular weight is 272 g/mol. The van der Waals surface area contributed by atoms with Crippen molar-refractivity contribution in [2.45, 2.75) is 11.8 Å². The topological polar surface area (TPSA) is 47.6 Å². The summed E-state index contributed by atoms with van der Waals surface area (Å²) >= 11 is 0. The van der Waals surface area contributed by atoms with Gasteiger partial charge < -0.3 is 14.8 Å². The lowest BCUT2D eigenvalue weighted by Crippen LogP contribution is -2.39. The Bertz CT molecular complexity index is 399. The van der Waals surface area contributed by atoms with Gasteiger partial charge in [0, 0.05) is 6.54 Å². The Morgan fingerprint density at radius 2 is 1.94 bits per heavy atom. The SMILES string of the molecule is COC(=O)C1(c2ccc(OC)cc2)CCNC1.Cl. The smallest absolute Gasteiger partial charge is 0.317 e. The third kappa shape index (κ3) is 2.44. The molecule has 1 saturated heterocycles. The number of hydrogen-bond acceptors (Lipinski definition) is 4. The van der Waals surface area contributed by atoms with Crippen LogP contribution in [0.4, 0.5) is 0 Å². The quantitative estimate of drug-likeness (QED) is 0.847. The lowest BCUT2D eigenvalue weighted by atomic mass is 9.80. The van der Waals surface area contributed by atoms with Gasteiger partial charge >= 0.3 is 5.97 Å². The number of rotatable bonds is 3. The summed E-state index contributed by atoms with van der Waals surface area (Å²) in [4.78, 5) is 12.0. The fourth-order valence-corrected chi connectivity index (χ4v) is 2.34. The van der Waals surface area contributed by atoms with E-state index in [4.69, 9.17) is 9.47 Å². The van der Waals surface area contributed by atoms with Crippen molar-refractivity contribution in [1.82, 2.24) is 5.32 Å². The normalized spacial score (nSPS) is 22.1. The van der Waals surface area contributed by atoms with E-state index in [-0.39, 0.29) is 18.4 Å². The summed E-state index contributed by atoms with van der Waals surface area (Å²) in [5, 5.41) is 3.22. The molecule has 0 aromatic heterocycles. The number of ether oxygens (including phenoxy) is 2. The zero-order valence-corrected chi connectivity index (χ0v) is 11.4. The number of nitrogens with one attached hydrogen (secondary N) is 1. The first kappa shape index (κ1) is 14.8. The molecule has 1 aliphatic rings. The Kier molecular flexibility index (Phi) is 4.99. The van der Waals surface area contributed by atoms with E-state index in [1.807, 2.05) is 24.3 Å². The van der Waals surface area contributed by atoms with Gasteiger partial charge in [0.25, 0.3) is 0 Å². The zero-order chi connectivity index (χ0) is 12.3. The second-order valence-electron chi connectivity index (χ2n) is 4.23. The van der Waals surface area contributed by atoms with E-state index in [0.717, 1.165) is 24.3 Å². The number of hydrogen-bond donors (Lipinski definition) is 1. The van der Waals surface area contributed by atoms with Crippen LogP contribution in [0.5, 0.6) is 5.75 Å². The van der Waals surface area contributed by atoms with Crippen LogP contribution < -0.4 is 10.1 Å². The molecule has 2 rings (SSSR count). The van der Waals surface area contributed by atoms with Crippen LogP contribution in [0.3, 0.4) is 0 Å². The average Bonchev–Trinajstić information content (AvgIpc) is 2.88. The Balaban J connectivity index is 0.00000162. The highest BCUT2D eigenvalue weighted by atomic mass is 35.5. The maximum absolute atomic E-state index is 12.0. The van der Waals surface area contributed by atoms with Crippen LogP contribution in [0, 0.1) is 0 Å². The van der Waals surface area contributed by atoms with Crippen molar-refractivity contribution in [3.05, 3.63) is 29.8 Å². The number of benzene rings is 1. The Hall–Kier alpha value is -1.26. The molecule has 1 fully saturated rings. The van der Waals surface area contributed by atoms with Crippen molar-refractivity contribution in [3.63, 3.8) is 0 Å². The van der Waals surface area contributed by atoms with Gasteiger partial charge in [0.2, 0.25) is 0 Å². The van der Waals surface area contributed by atoms with E-state index in [2.05, 4.69) is 5.32 Å². The summed E-state index contributed by atoms with van der Waals surface area (Å²) in [6.45, 7) is 1.47. The van der Waals surface area contributed by atoms with Crippen LogP contribution >= 0.6 is 12.4 Å². The molecule has 1 unspecified atom stereocenters. The first-order valence-electron chi connectivity index (χ1n) is 5.66. The molecule has 1 atom stereocenters. The van der Waals surface area contributed by atoms with E-state index in [1.165, 1.54) is 7.11 Å². The van der Waals surface area contributed by atoms with Gasteiger partial charge in [-0.05, 0) is 30.7 Å². The molecule has 0 amide bonds. The van der Waals surface area contributed by atoms with E-state index < -0.39 is 5.41 Å². The van der Waals surface area contributed by atoms with Crippen LogP contribution in [0.2, 0.25) is 0 Å². The molecule has 0 bridgehead atoms. The molecule has 1 heterocycles. The maximum atomic E-state index is 12.0. The third-order valence-electron chi connectivity index (χ3n) is 3.37. The van der Waals surface area contributed by atoms with Gasteiger partial charge in [-0.2, -0.15) is 0 Å². The standard InChI is InChI=1S/C13H17NO3.ClH/c1-16-11-5-3-10(4-6-11)13(12(15)17-2)7-8-14-9-13;/h3-6,14H,7-9H2,1-2H3;1H. The first-order valence-corrected chi connectivity index (χ1v) is 5.66. The molecular formula is C13H18ClNO3. The highest BCUT2D eigenvalue weighted by Gasteiger charge is 2.43. The molecule has 100 valence electrons. The van der Waals surface area contributed by atoms with Crippen LogP contribution in [-0.2, 0) is 14.9 Å². The number of carbonyl (C=O) groups is 1. The fraction of sp³-hybridized carbons (Fsp3) is 0.462. The van der Waals surface area contributed by atoms with Crippen molar-refractivity contribution in [1.29, 1.82) is 0 Å². The van der Waals surface area contributed by atoms with Crippen molar-refractivity contribution in [3.8, 4) is 5.75 Å². The summed E-state index contributed by atoms with van der Waals surface area (Å²) in [7, 11) is 3.06. The molecule has 1 N–H and O–H groups in total. The highest BCUT2D eigenvalue weighted by molar-refractivity contribution is 5.85. The number of halogens is 1. The van der Waals surface area contributed by atoms with Gasteiger partial charge in [-0.15, -0.1) is 12.4 Å². The van der Waals surface area contributed by atoms with E-state index in [9.17, 15) is 4.79 Å². The van der Waals surface area contributed by atoms with E-state index in [1.54, 1.807) is 7.11 Å². The maximum Gasteiger partial charge on any atom is 0.317 e. The van der Waals surface area contributed by atoms with Gasteiger partial charge in [-0.25, -0.2) is 0 Å². The minimum atomic E-state index is -0.541. The Morgan fingerprint density at radius 3 is 2.39 bits per heavy atom. The van der Waals surface area contributed by atoms with Crippen molar-refractivity contribution >= 4 is 18.4 Å². The lowest BCUT2D eigenvalue weighted by molar-refractivity contribution is -0.146. The molecular weight excluding hydrogens is 254 g/mol. The predicted octanol–water partition coefficient (Wildman–Crippen LogP) is 1.52. The second-order valence-corrected chi connectivity index (χ2v) is 4.23. The first-order chi connectivity index (χ1) is 8.23. The summed E-state index contributed by atoms with van der Waals surface area (Å²) in [6, 6.07) is 7.61. The molecule has 1 aliphatic heterocycles. The van der Waals surface area contributed by atoms with Gasteiger partial charge in [-0.3, -0.25) is 4.79 Å². The summed E-state index contributed by atoms with van der Waals surface area (Å²) in [5.74, 6) is 0.618. The lowest BCUT2D eigenvalue weighted by Gasteiger charge is -2.25. The fourth-order valence-electron chi connectivity index (χ4n) is 2.34. The van der Waals surface area contributed by atoms with Crippen molar-refractivity contribution < 1.29 is 14.3 Å². The Labute approximate surface area is 113 Å². The predicted molar refractivity (Wildman–Crippen MR) is 71.4 cm³/mol. The summed E-state index contributed by atoms with van der Waals surface area (Å²) in [6.07, 6.45) is 0.770. The minimum Gasteiger partial charge on any atom is -0.497 e. The van der Waals surface area contributed by atoms with Crippen LogP contribution in [-0.4, -0.2) is 33.3 Å². The molecule has 0 spiro atoms. The number of esters is 1. The van der Waals surface area contributed by atoms with Gasteiger partial charge in [-0.1, -0.05) is 12.1 Å². The molecule has 4 nitrogen and oxygen atoms in total. The van der Waals surface area contributed by atoms with Crippen LogP contribution in [0.25, 0.3) is 0 Å². The van der Waals surface area contributed by atoms with Gasteiger partial charge in [0.05, 0.1) is 14.2 Å². The molecule has 18 heavy (non-hydrogen) atoms. The van der Waals surface area contributed by atoms with Crippen molar-refractivity contribution in [2.24, 2.45) is 0 Å². The number of carbonyl (C=O) groups excluding carboxylic acids is 1. The Morgan fingerprint density at radius 1 is 1.28 bits per heavy atom. The monoisotopic (exact) mass is 271 g/mol. The molecule has 0 saturated carbocycles. The van der Waals surface area contributed by atoms with Gasteiger partial charge in [0.15, 0.2) is 0 Å². The highest BCUT2D eigenvalue weighted by Crippen LogP contribution is 2.33.